The van der Waals surface area contributed by atoms with E-state index in [1.54, 1.807) is 16.8 Å². The predicted octanol–water partition coefficient (Wildman–Crippen LogP) is 3.32. The Kier molecular flexibility index (Phi) is 4.22. The van der Waals surface area contributed by atoms with Gasteiger partial charge in [-0.15, -0.1) is 0 Å². The molecule has 2 heterocycles. The van der Waals surface area contributed by atoms with Gasteiger partial charge in [0.25, 0.3) is 5.91 Å². The number of hydrogen-bond acceptors (Lipinski definition) is 2. The number of aromatic nitrogens is 2. The molecule has 0 N–H and O–H groups in total. The molecule has 22 heavy (non-hydrogen) atoms. The summed E-state index contributed by atoms with van der Waals surface area (Å²) in [5.41, 5.74) is 1.61. The third-order valence-corrected chi connectivity index (χ3v) is 4.21. The van der Waals surface area contributed by atoms with Crippen LogP contribution in [0.25, 0.3) is 0 Å². The molecule has 0 bridgehead atoms. The van der Waals surface area contributed by atoms with Gasteiger partial charge in [0.2, 0.25) is 0 Å². The topological polar surface area (TPSA) is 38.1 Å². The van der Waals surface area contributed by atoms with Gasteiger partial charge in [0.05, 0.1) is 12.2 Å². The summed E-state index contributed by atoms with van der Waals surface area (Å²) in [6, 6.07) is 5.84. The summed E-state index contributed by atoms with van der Waals surface area (Å²) in [4.78, 5) is 14.7. The first-order chi connectivity index (χ1) is 10.6. The summed E-state index contributed by atoms with van der Waals surface area (Å²) in [5.74, 6) is -0.355. The van der Waals surface area contributed by atoms with Crippen LogP contribution >= 0.6 is 0 Å². The molecule has 0 unspecified atom stereocenters. The van der Waals surface area contributed by atoms with Crippen LogP contribution < -0.4 is 0 Å². The van der Waals surface area contributed by atoms with Gasteiger partial charge in [0, 0.05) is 30.9 Å². The standard InChI is InChI=1S/C17H20FN3O/c1-20-12-14(11-19-20)16-5-3-2-4-10-21(16)17(22)13-6-8-15(18)9-7-13/h6-9,11-12,16H,2-5,10H2,1H3/t16-/m1/s1. The lowest BCUT2D eigenvalue weighted by atomic mass is 10.0. The fourth-order valence-corrected chi connectivity index (χ4v) is 3.07. The van der Waals surface area contributed by atoms with Gasteiger partial charge in [-0.25, -0.2) is 4.39 Å². The first-order valence-electron chi connectivity index (χ1n) is 7.70. The highest BCUT2D eigenvalue weighted by Crippen LogP contribution is 2.31. The Bertz CT molecular complexity index is 650. The number of rotatable bonds is 2. The molecule has 1 aliphatic heterocycles. The van der Waals surface area contributed by atoms with Gasteiger partial charge in [0.1, 0.15) is 5.82 Å². The minimum absolute atomic E-state index is 0.0317. The van der Waals surface area contributed by atoms with Crippen LogP contribution in [0, 0.1) is 5.82 Å². The molecule has 2 aromatic rings. The molecule has 0 saturated carbocycles. The first-order valence-corrected chi connectivity index (χ1v) is 7.70. The van der Waals surface area contributed by atoms with Gasteiger partial charge in [-0.05, 0) is 37.1 Å². The Morgan fingerprint density at radius 1 is 1.23 bits per heavy atom. The number of aryl methyl sites for hydroxylation is 1. The Labute approximate surface area is 129 Å². The van der Waals surface area contributed by atoms with Crippen LogP contribution in [-0.4, -0.2) is 27.1 Å². The summed E-state index contributed by atoms with van der Waals surface area (Å²) in [7, 11) is 1.88. The van der Waals surface area contributed by atoms with Crippen LogP contribution in [-0.2, 0) is 7.05 Å². The number of likely N-dealkylation sites (tertiary alicyclic amines) is 1. The van der Waals surface area contributed by atoms with Crippen LogP contribution in [0.15, 0.2) is 36.7 Å². The van der Waals surface area contributed by atoms with E-state index in [-0.39, 0.29) is 17.8 Å². The summed E-state index contributed by atoms with van der Waals surface area (Å²) < 4.78 is 14.8. The predicted molar refractivity (Wildman–Crippen MR) is 81.9 cm³/mol. The molecular weight excluding hydrogens is 281 g/mol. The number of amides is 1. The molecule has 1 aliphatic rings. The van der Waals surface area contributed by atoms with Crippen molar-refractivity contribution in [3.8, 4) is 0 Å². The molecule has 0 radical (unpaired) electrons. The number of benzene rings is 1. The minimum Gasteiger partial charge on any atom is -0.331 e. The molecular formula is C17H20FN3O. The van der Waals surface area contributed by atoms with E-state index in [9.17, 15) is 9.18 Å². The van der Waals surface area contributed by atoms with E-state index in [2.05, 4.69) is 5.10 Å². The molecule has 0 spiro atoms. The first kappa shape index (κ1) is 14.8. The molecule has 116 valence electrons. The van der Waals surface area contributed by atoms with Crippen LogP contribution in [0.2, 0.25) is 0 Å². The summed E-state index contributed by atoms with van der Waals surface area (Å²) in [5, 5.41) is 4.23. The summed E-state index contributed by atoms with van der Waals surface area (Å²) >= 11 is 0. The van der Waals surface area contributed by atoms with Crippen molar-refractivity contribution in [3.05, 3.63) is 53.6 Å². The largest absolute Gasteiger partial charge is 0.331 e. The number of carbonyl (C=O) groups excluding carboxylic acids is 1. The zero-order chi connectivity index (χ0) is 15.5. The van der Waals surface area contributed by atoms with Gasteiger partial charge >= 0.3 is 0 Å². The Balaban J connectivity index is 1.89. The Hall–Kier alpha value is -2.17. The molecule has 3 rings (SSSR count). The molecule has 1 atom stereocenters. The van der Waals surface area contributed by atoms with E-state index in [1.807, 2.05) is 24.3 Å². The van der Waals surface area contributed by atoms with Gasteiger partial charge in [-0.2, -0.15) is 5.10 Å². The zero-order valence-electron chi connectivity index (χ0n) is 12.7. The second kappa shape index (κ2) is 6.30. The van der Waals surface area contributed by atoms with Crippen molar-refractivity contribution in [1.82, 2.24) is 14.7 Å². The third-order valence-electron chi connectivity index (χ3n) is 4.21. The van der Waals surface area contributed by atoms with Crippen LogP contribution in [0.3, 0.4) is 0 Å². The van der Waals surface area contributed by atoms with Crippen LogP contribution in [0.1, 0.15) is 47.6 Å². The second-order valence-corrected chi connectivity index (χ2v) is 5.82. The van der Waals surface area contributed by atoms with Crippen LogP contribution in [0.5, 0.6) is 0 Å². The van der Waals surface area contributed by atoms with Crippen molar-refractivity contribution < 1.29 is 9.18 Å². The van der Waals surface area contributed by atoms with E-state index >= 15 is 0 Å². The average Bonchev–Trinajstić information content (AvgIpc) is 2.81. The SMILES string of the molecule is Cn1cc([C@H]2CCCCCN2C(=O)c2ccc(F)cc2)cn1. The minimum atomic E-state index is -0.323. The highest BCUT2D eigenvalue weighted by molar-refractivity contribution is 5.94. The quantitative estimate of drug-likeness (QED) is 0.853. The average molecular weight is 301 g/mol. The van der Waals surface area contributed by atoms with Crippen molar-refractivity contribution in [1.29, 1.82) is 0 Å². The smallest absolute Gasteiger partial charge is 0.254 e. The summed E-state index contributed by atoms with van der Waals surface area (Å²) in [6.07, 6.45) is 7.99. The lowest BCUT2D eigenvalue weighted by molar-refractivity contribution is 0.0681. The third kappa shape index (κ3) is 3.03. The van der Waals surface area contributed by atoms with E-state index in [0.29, 0.717) is 5.56 Å². The van der Waals surface area contributed by atoms with Gasteiger partial charge in [-0.1, -0.05) is 12.8 Å². The van der Waals surface area contributed by atoms with E-state index < -0.39 is 0 Å². The second-order valence-electron chi connectivity index (χ2n) is 5.82. The number of carbonyl (C=O) groups is 1. The monoisotopic (exact) mass is 301 g/mol. The molecule has 5 heteroatoms. The van der Waals surface area contributed by atoms with Crippen molar-refractivity contribution in [2.75, 3.05) is 6.54 Å². The molecule has 1 saturated heterocycles. The zero-order valence-corrected chi connectivity index (χ0v) is 12.7. The summed E-state index contributed by atoms with van der Waals surface area (Å²) in [6.45, 7) is 0.732. The molecule has 4 nitrogen and oxygen atoms in total. The Morgan fingerprint density at radius 2 is 2.00 bits per heavy atom. The molecule has 1 fully saturated rings. The maximum absolute atomic E-state index is 13.1. The van der Waals surface area contributed by atoms with Crippen molar-refractivity contribution >= 4 is 5.91 Å². The van der Waals surface area contributed by atoms with Crippen molar-refractivity contribution in [2.24, 2.45) is 7.05 Å². The Morgan fingerprint density at radius 3 is 2.68 bits per heavy atom. The van der Waals surface area contributed by atoms with E-state index in [1.165, 1.54) is 12.1 Å². The number of hydrogen-bond donors (Lipinski definition) is 0. The maximum atomic E-state index is 13.1. The fraction of sp³-hybridized carbons (Fsp3) is 0.412. The highest BCUT2D eigenvalue weighted by Gasteiger charge is 2.28. The molecule has 1 aromatic heterocycles. The van der Waals surface area contributed by atoms with Gasteiger partial charge in [-0.3, -0.25) is 9.48 Å². The van der Waals surface area contributed by atoms with E-state index in [4.69, 9.17) is 0 Å². The number of nitrogens with zero attached hydrogens (tertiary/aromatic N) is 3. The van der Waals surface area contributed by atoms with Gasteiger partial charge in [0.15, 0.2) is 0 Å². The van der Waals surface area contributed by atoms with Crippen LogP contribution in [0.4, 0.5) is 4.39 Å². The lowest BCUT2D eigenvalue weighted by Crippen LogP contribution is -2.34. The molecule has 0 aliphatic carbocycles. The molecule has 1 aromatic carbocycles. The normalized spacial score (nSPS) is 19.0. The van der Waals surface area contributed by atoms with Crippen molar-refractivity contribution in [2.45, 2.75) is 31.7 Å². The fourth-order valence-electron chi connectivity index (χ4n) is 3.07. The van der Waals surface area contributed by atoms with Crippen molar-refractivity contribution in [3.63, 3.8) is 0 Å². The lowest BCUT2D eigenvalue weighted by Gasteiger charge is -2.29. The maximum Gasteiger partial charge on any atom is 0.254 e. The highest BCUT2D eigenvalue weighted by atomic mass is 19.1. The van der Waals surface area contributed by atoms with E-state index in [0.717, 1.165) is 37.8 Å². The van der Waals surface area contributed by atoms with Gasteiger partial charge < -0.3 is 4.90 Å². The number of halogens is 1. The molecule has 1 amide bonds.